The van der Waals surface area contributed by atoms with Crippen molar-refractivity contribution in [3.63, 3.8) is 0 Å². The van der Waals surface area contributed by atoms with Gasteiger partial charge in [0.1, 0.15) is 5.75 Å². The van der Waals surface area contributed by atoms with Crippen molar-refractivity contribution in [3.8, 4) is 5.75 Å². The lowest BCUT2D eigenvalue weighted by Crippen LogP contribution is -2.36. The van der Waals surface area contributed by atoms with Crippen molar-refractivity contribution < 1.29 is 4.74 Å². The SMILES string of the molecule is CN=C(NCc1ccc(C)cc1OC1CCCC1)NCc1ccnn1C.I. The summed E-state index contributed by atoms with van der Waals surface area (Å²) in [5, 5.41) is 10.9. The Morgan fingerprint density at radius 3 is 2.63 bits per heavy atom. The maximum Gasteiger partial charge on any atom is 0.191 e. The molecule has 6 nitrogen and oxygen atoms in total. The maximum absolute atomic E-state index is 6.28. The minimum atomic E-state index is 0. The van der Waals surface area contributed by atoms with Gasteiger partial charge in [0.15, 0.2) is 5.96 Å². The zero-order valence-corrected chi connectivity index (χ0v) is 18.7. The van der Waals surface area contributed by atoms with Crippen LogP contribution in [0.15, 0.2) is 35.5 Å². The van der Waals surface area contributed by atoms with Gasteiger partial charge < -0.3 is 15.4 Å². The van der Waals surface area contributed by atoms with Gasteiger partial charge in [0, 0.05) is 32.4 Å². The standard InChI is InChI=1S/C20H29N5O.HI/c1-15-8-9-16(19(12-15)26-18-6-4-5-7-18)13-22-20(21-2)23-14-17-10-11-24-25(17)3;/h8-12,18H,4-7,13-14H2,1-3H3,(H2,21,22,23);1H. The minimum absolute atomic E-state index is 0. The van der Waals surface area contributed by atoms with Crippen molar-refractivity contribution in [1.29, 1.82) is 0 Å². The molecule has 1 heterocycles. The first-order valence-electron chi connectivity index (χ1n) is 9.33. The smallest absolute Gasteiger partial charge is 0.191 e. The van der Waals surface area contributed by atoms with Gasteiger partial charge in [0.05, 0.1) is 18.3 Å². The number of ether oxygens (including phenoxy) is 1. The molecule has 1 aromatic heterocycles. The summed E-state index contributed by atoms with van der Waals surface area (Å²) in [5.74, 6) is 1.75. The molecule has 1 aliphatic carbocycles. The first-order chi connectivity index (χ1) is 12.7. The van der Waals surface area contributed by atoms with E-state index in [1.807, 2.05) is 17.8 Å². The van der Waals surface area contributed by atoms with E-state index in [1.165, 1.54) is 18.4 Å². The Balaban J connectivity index is 0.00000261. The zero-order valence-electron chi connectivity index (χ0n) is 16.4. The Kier molecular flexibility index (Phi) is 8.40. The summed E-state index contributed by atoms with van der Waals surface area (Å²) in [6.07, 6.45) is 7.02. The van der Waals surface area contributed by atoms with Crippen LogP contribution in [0.2, 0.25) is 0 Å². The van der Waals surface area contributed by atoms with Gasteiger partial charge in [0.2, 0.25) is 0 Å². The molecule has 0 amide bonds. The van der Waals surface area contributed by atoms with Crippen LogP contribution >= 0.6 is 24.0 Å². The van der Waals surface area contributed by atoms with Gasteiger partial charge in [-0.15, -0.1) is 24.0 Å². The van der Waals surface area contributed by atoms with Crippen LogP contribution in [0, 0.1) is 6.92 Å². The first-order valence-corrected chi connectivity index (χ1v) is 9.33. The van der Waals surface area contributed by atoms with Gasteiger partial charge in [-0.3, -0.25) is 9.67 Å². The molecular formula is C20H30IN5O. The van der Waals surface area contributed by atoms with Crippen molar-refractivity contribution in [2.24, 2.45) is 12.0 Å². The van der Waals surface area contributed by atoms with Crippen LogP contribution in [-0.2, 0) is 20.1 Å². The molecule has 3 rings (SSSR count). The third-order valence-corrected chi connectivity index (χ3v) is 4.85. The van der Waals surface area contributed by atoms with Crippen molar-refractivity contribution in [2.75, 3.05) is 7.05 Å². The molecule has 7 heteroatoms. The number of hydrogen-bond donors (Lipinski definition) is 2. The van der Waals surface area contributed by atoms with Gasteiger partial charge >= 0.3 is 0 Å². The van der Waals surface area contributed by atoms with Crippen LogP contribution in [0.5, 0.6) is 5.75 Å². The Hall–Kier alpha value is -1.77. The third-order valence-electron chi connectivity index (χ3n) is 4.85. The monoisotopic (exact) mass is 483 g/mol. The topological polar surface area (TPSA) is 63.5 Å². The molecule has 1 saturated carbocycles. The van der Waals surface area contributed by atoms with E-state index in [1.54, 1.807) is 13.2 Å². The number of halogens is 1. The number of rotatable bonds is 6. The number of guanidine groups is 1. The molecule has 2 aromatic rings. The second kappa shape index (κ2) is 10.5. The average molecular weight is 483 g/mol. The molecule has 0 radical (unpaired) electrons. The number of aryl methyl sites for hydroxylation is 2. The zero-order chi connectivity index (χ0) is 18.4. The predicted octanol–water partition coefficient (Wildman–Crippen LogP) is 3.53. The first kappa shape index (κ1) is 21.5. The molecule has 1 aromatic carbocycles. The summed E-state index contributed by atoms with van der Waals surface area (Å²) in [4.78, 5) is 4.31. The highest BCUT2D eigenvalue weighted by atomic mass is 127. The Morgan fingerprint density at radius 2 is 1.96 bits per heavy atom. The third kappa shape index (κ3) is 6.12. The summed E-state index contributed by atoms with van der Waals surface area (Å²) in [6, 6.07) is 8.40. The number of benzene rings is 1. The van der Waals surface area contributed by atoms with Crippen LogP contribution < -0.4 is 15.4 Å². The summed E-state index contributed by atoms with van der Waals surface area (Å²) >= 11 is 0. The van der Waals surface area contributed by atoms with Gasteiger partial charge in [-0.2, -0.15) is 5.10 Å². The molecule has 1 aliphatic rings. The second-order valence-corrected chi connectivity index (χ2v) is 6.86. The van der Waals surface area contributed by atoms with E-state index in [2.05, 4.69) is 45.8 Å². The summed E-state index contributed by atoms with van der Waals surface area (Å²) in [6.45, 7) is 3.45. The lowest BCUT2D eigenvalue weighted by Gasteiger charge is -2.18. The number of aromatic nitrogens is 2. The molecule has 27 heavy (non-hydrogen) atoms. The largest absolute Gasteiger partial charge is 0.490 e. The molecule has 0 bridgehead atoms. The lowest BCUT2D eigenvalue weighted by molar-refractivity contribution is 0.207. The molecule has 0 aliphatic heterocycles. The molecule has 0 spiro atoms. The predicted molar refractivity (Wildman–Crippen MR) is 120 cm³/mol. The maximum atomic E-state index is 6.28. The van der Waals surface area contributed by atoms with Crippen molar-refractivity contribution in [3.05, 3.63) is 47.3 Å². The van der Waals surface area contributed by atoms with Gasteiger partial charge in [-0.05, 0) is 50.3 Å². The Bertz CT molecular complexity index is 753. The van der Waals surface area contributed by atoms with E-state index in [4.69, 9.17) is 4.74 Å². The van der Waals surface area contributed by atoms with Gasteiger partial charge in [-0.25, -0.2) is 0 Å². The summed E-state index contributed by atoms with van der Waals surface area (Å²) in [5.41, 5.74) is 3.49. The van der Waals surface area contributed by atoms with Crippen molar-refractivity contribution in [1.82, 2.24) is 20.4 Å². The molecule has 0 saturated heterocycles. The number of aliphatic imine (C=N–C) groups is 1. The van der Waals surface area contributed by atoms with Crippen molar-refractivity contribution in [2.45, 2.75) is 51.8 Å². The van der Waals surface area contributed by atoms with E-state index >= 15 is 0 Å². The molecule has 0 atom stereocenters. The highest BCUT2D eigenvalue weighted by molar-refractivity contribution is 14.0. The number of nitrogens with zero attached hydrogens (tertiary/aromatic N) is 3. The summed E-state index contributed by atoms with van der Waals surface area (Å²) in [7, 11) is 3.72. The lowest BCUT2D eigenvalue weighted by atomic mass is 10.1. The van der Waals surface area contributed by atoms with Crippen LogP contribution in [0.3, 0.4) is 0 Å². The van der Waals surface area contributed by atoms with E-state index in [0.29, 0.717) is 19.2 Å². The minimum Gasteiger partial charge on any atom is -0.490 e. The number of hydrogen-bond acceptors (Lipinski definition) is 3. The van der Waals surface area contributed by atoms with Crippen LogP contribution in [0.4, 0.5) is 0 Å². The van der Waals surface area contributed by atoms with Gasteiger partial charge in [0.25, 0.3) is 0 Å². The Morgan fingerprint density at radius 1 is 1.22 bits per heavy atom. The van der Waals surface area contributed by atoms with Crippen LogP contribution in [-0.4, -0.2) is 28.9 Å². The molecule has 2 N–H and O–H groups in total. The highest BCUT2D eigenvalue weighted by Gasteiger charge is 2.18. The van der Waals surface area contributed by atoms with Crippen LogP contribution in [0.1, 0.15) is 42.5 Å². The number of nitrogens with one attached hydrogen (secondary N) is 2. The second-order valence-electron chi connectivity index (χ2n) is 6.86. The average Bonchev–Trinajstić information content (AvgIpc) is 3.28. The van der Waals surface area contributed by atoms with E-state index in [9.17, 15) is 0 Å². The van der Waals surface area contributed by atoms with Crippen LogP contribution in [0.25, 0.3) is 0 Å². The fraction of sp³-hybridized carbons (Fsp3) is 0.500. The molecule has 0 unspecified atom stereocenters. The fourth-order valence-corrected chi connectivity index (χ4v) is 3.25. The van der Waals surface area contributed by atoms with Gasteiger partial charge in [-0.1, -0.05) is 12.1 Å². The Labute approximate surface area is 178 Å². The molecular weight excluding hydrogens is 453 g/mol. The highest BCUT2D eigenvalue weighted by Crippen LogP contribution is 2.27. The van der Waals surface area contributed by atoms with E-state index in [-0.39, 0.29) is 24.0 Å². The van der Waals surface area contributed by atoms with Crippen molar-refractivity contribution >= 4 is 29.9 Å². The normalized spacial score (nSPS) is 14.7. The summed E-state index contributed by atoms with van der Waals surface area (Å²) < 4.78 is 8.13. The van der Waals surface area contributed by atoms with E-state index in [0.717, 1.165) is 35.8 Å². The van der Waals surface area contributed by atoms with E-state index < -0.39 is 0 Å². The quantitative estimate of drug-likeness (QED) is 0.375. The fourth-order valence-electron chi connectivity index (χ4n) is 3.25. The molecule has 1 fully saturated rings. The molecule has 148 valence electrons.